The van der Waals surface area contributed by atoms with Crippen LogP contribution in [-0.2, 0) is 11.3 Å². The highest BCUT2D eigenvalue weighted by Crippen LogP contribution is 2.31. The lowest BCUT2D eigenvalue weighted by molar-refractivity contribution is -0.134. The van der Waals surface area contributed by atoms with E-state index < -0.39 is 0 Å². The second kappa shape index (κ2) is 11.9. The molecule has 0 saturated carbocycles. The molecule has 1 saturated heterocycles. The largest absolute Gasteiger partial charge is 0.484 e. The third-order valence-corrected chi connectivity index (χ3v) is 7.49. The van der Waals surface area contributed by atoms with Crippen molar-refractivity contribution >= 4 is 23.2 Å². The Morgan fingerprint density at radius 3 is 2.75 bits per heavy atom. The number of piperidine rings is 1. The number of aryl methyl sites for hydroxylation is 2. The number of hydrogen-bond acceptors (Lipinski definition) is 7. The molecule has 36 heavy (non-hydrogen) atoms. The number of furan rings is 1. The number of hydrogen-bond donors (Lipinski definition) is 0. The molecule has 0 radical (unpaired) electrons. The van der Waals surface area contributed by atoms with Crippen LogP contribution in [0.2, 0.25) is 0 Å². The fourth-order valence-corrected chi connectivity index (χ4v) is 5.14. The van der Waals surface area contributed by atoms with Crippen LogP contribution >= 0.6 is 11.3 Å². The number of carbonyl (C=O) groups is 2. The van der Waals surface area contributed by atoms with Gasteiger partial charge in [0.1, 0.15) is 17.2 Å². The second-order valence-corrected chi connectivity index (χ2v) is 9.86. The van der Waals surface area contributed by atoms with Crippen molar-refractivity contribution in [1.29, 1.82) is 5.26 Å². The number of benzene rings is 1. The van der Waals surface area contributed by atoms with Crippen molar-refractivity contribution in [3.63, 3.8) is 0 Å². The summed E-state index contributed by atoms with van der Waals surface area (Å²) >= 11 is 1.48. The standard InChI is InChI=1S/C27H30N4O4S/c1-19-6-7-22(15-20(19)2)35-17-25(32)30-12-8-21(9-13-30)26-29-24(18-36-26)27(33)31(11-4-10-28)16-23-5-3-14-34-23/h3,5-7,14-15,18,21H,4,8-9,11-13,16-17H2,1-2H3. The number of ether oxygens (including phenoxy) is 1. The predicted octanol–water partition coefficient (Wildman–Crippen LogP) is 4.69. The molecule has 0 N–H and O–H groups in total. The van der Waals surface area contributed by atoms with E-state index >= 15 is 0 Å². The van der Waals surface area contributed by atoms with E-state index in [9.17, 15) is 9.59 Å². The van der Waals surface area contributed by atoms with Crippen molar-refractivity contribution in [2.45, 2.75) is 45.6 Å². The van der Waals surface area contributed by atoms with Crippen LogP contribution in [0, 0.1) is 25.2 Å². The fraction of sp³-hybridized carbons (Fsp3) is 0.407. The zero-order chi connectivity index (χ0) is 25.5. The zero-order valence-electron chi connectivity index (χ0n) is 20.6. The van der Waals surface area contributed by atoms with Crippen LogP contribution in [0.15, 0.2) is 46.4 Å². The summed E-state index contributed by atoms with van der Waals surface area (Å²) < 4.78 is 11.1. The minimum absolute atomic E-state index is 0.0206. The lowest BCUT2D eigenvalue weighted by atomic mass is 9.97. The molecule has 2 amide bonds. The molecule has 0 aliphatic carbocycles. The molecule has 188 valence electrons. The van der Waals surface area contributed by atoms with Crippen LogP contribution in [0.1, 0.15) is 57.6 Å². The van der Waals surface area contributed by atoms with Gasteiger partial charge < -0.3 is 19.0 Å². The lowest BCUT2D eigenvalue weighted by Crippen LogP contribution is -2.40. The summed E-state index contributed by atoms with van der Waals surface area (Å²) in [5, 5.41) is 11.7. The van der Waals surface area contributed by atoms with Crippen LogP contribution < -0.4 is 4.74 Å². The van der Waals surface area contributed by atoms with Gasteiger partial charge in [-0.25, -0.2) is 4.98 Å². The Morgan fingerprint density at radius 2 is 2.06 bits per heavy atom. The molecule has 1 aliphatic rings. The normalized spacial score (nSPS) is 13.9. The average molecular weight is 507 g/mol. The highest BCUT2D eigenvalue weighted by molar-refractivity contribution is 7.09. The van der Waals surface area contributed by atoms with Crippen molar-refractivity contribution in [3.8, 4) is 11.8 Å². The number of nitrogens with zero attached hydrogens (tertiary/aromatic N) is 4. The van der Waals surface area contributed by atoms with Gasteiger partial charge in [-0.05, 0) is 62.1 Å². The maximum atomic E-state index is 13.1. The maximum Gasteiger partial charge on any atom is 0.273 e. The lowest BCUT2D eigenvalue weighted by Gasteiger charge is -2.31. The summed E-state index contributed by atoms with van der Waals surface area (Å²) in [6.07, 6.45) is 3.39. The SMILES string of the molecule is Cc1ccc(OCC(=O)N2CCC(c3nc(C(=O)N(CCC#N)Cc4ccco4)cs3)CC2)cc1C. The summed E-state index contributed by atoms with van der Waals surface area (Å²) in [6, 6.07) is 11.5. The molecule has 0 bridgehead atoms. The minimum atomic E-state index is -0.208. The van der Waals surface area contributed by atoms with Gasteiger partial charge in [-0.3, -0.25) is 9.59 Å². The van der Waals surface area contributed by atoms with Crippen LogP contribution in [0.3, 0.4) is 0 Å². The van der Waals surface area contributed by atoms with Gasteiger partial charge in [0.15, 0.2) is 6.61 Å². The molecule has 9 heteroatoms. The van der Waals surface area contributed by atoms with Gasteiger partial charge >= 0.3 is 0 Å². The van der Waals surface area contributed by atoms with E-state index in [1.807, 2.05) is 36.9 Å². The van der Waals surface area contributed by atoms with Gasteiger partial charge in [-0.2, -0.15) is 5.26 Å². The highest BCUT2D eigenvalue weighted by atomic mass is 32.1. The molecule has 0 spiro atoms. The molecule has 4 rings (SSSR count). The van der Waals surface area contributed by atoms with Crippen molar-refractivity contribution in [1.82, 2.24) is 14.8 Å². The molecule has 1 fully saturated rings. The Morgan fingerprint density at radius 1 is 1.25 bits per heavy atom. The first kappa shape index (κ1) is 25.5. The molecular formula is C27H30N4O4S. The highest BCUT2D eigenvalue weighted by Gasteiger charge is 2.27. The van der Waals surface area contributed by atoms with Crippen LogP contribution in [0.5, 0.6) is 5.75 Å². The predicted molar refractivity (Wildman–Crippen MR) is 136 cm³/mol. The smallest absolute Gasteiger partial charge is 0.273 e. The van der Waals surface area contributed by atoms with Gasteiger partial charge in [-0.15, -0.1) is 11.3 Å². The molecule has 3 aromatic rings. The molecule has 0 unspecified atom stereocenters. The number of thiazole rings is 1. The van der Waals surface area contributed by atoms with Gasteiger partial charge in [-0.1, -0.05) is 6.07 Å². The number of likely N-dealkylation sites (tertiary alicyclic amines) is 1. The number of nitriles is 1. The van der Waals surface area contributed by atoms with Crippen LogP contribution in [-0.4, -0.2) is 52.8 Å². The van der Waals surface area contributed by atoms with E-state index in [1.54, 1.807) is 28.7 Å². The van der Waals surface area contributed by atoms with Crippen LogP contribution in [0.25, 0.3) is 0 Å². The molecule has 0 atom stereocenters. The van der Waals surface area contributed by atoms with Gasteiger partial charge in [0.2, 0.25) is 0 Å². The second-order valence-electron chi connectivity index (χ2n) is 8.97. The molecule has 8 nitrogen and oxygen atoms in total. The molecular weight excluding hydrogens is 476 g/mol. The number of amides is 2. The van der Waals surface area contributed by atoms with Crippen molar-refractivity contribution < 1.29 is 18.7 Å². The van der Waals surface area contributed by atoms with Crippen molar-refractivity contribution in [3.05, 3.63) is 69.6 Å². The van der Waals surface area contributed by atoms with Gasteiger partial charge in [0.25, 0.3) is 11.8 Å². The van der Waals surface area contributed by atoms with Crippen molar-refractivity contribution in [2.24, 2.45) is 0 Å². The van der Waals surface area contributed by atoms with Crippen molar-refractivity contribution in [2.75, 3.05) is 26.2 Å². The Labute approximate surface area is 215 Å². The molecule has 1 aliphatic heterocycles. The summed E-state index contributed by atoms with van der Waals surface area (Å²) in [7, 11) is 0. The Kier molecular flexibility index (Phi) is 8.39. The van der Waals surface area contributed by atoms with E-state index in [-0.39, 0.29) is 30.8 Å². The van der Waals surface area contributed by atoms with E-state index in [2.05, 4.69) is 11.1 Å². The summed E-state index contributed by atoms with van der Waals surface area (Å²) in [5.41, 5.74) is 2.71. The zero-order valence-corrected chi connectivity index (χ0v) is 21.4. The summed E-state index contributed by atoms with van der Waals surface area (Å²) in [4.78, 5) is 33.8. The summed E-state index contributed by atoms with van der Waals surface area (Å²) in [5.74, 6) is 1.35. The minimum Gasteiger partial charge on any atom is -0.484 e. The first-order valence-electron chi connectivity index (χ1n) is 12.1. The Hall–Kier alpha value is -3.64. The monoisotopic (exact) mass is 506 g/mol. The van der Waals surface area contributed by atoms with E-state index in [4.69, 9.17) is 14.4 Å². The van der Waals surface area contributed by atoms with E-state index in [0.29, 0.717) is 43.4 Å². The number of carbonyl (C=O) groups excluding carboxylic acids is 2. The topological polar surface area (TPSA) is 99.7 Å². The Bertz CT molecular complexity index is 1220. The number of rotatable bonds is 9. The summed E-state index contributed by atoms with van der Waals surface area (Å²) in [6.45, 7) is 5.97. The first-order valence-corrected chi connectivity index (χ1v) is 12.9. The third-order valence-electron chi connectivity index (χ3n) is 6.49. The molecule has 2 aromatic heterocycles. The van der Waals surface area contributed by atoms with Gasteiger partial charge in [0.05, 0.1) is 30.3 Å². The van der Waals surface area contributed by atoms with E-state index in [0.717, 1.165) is 23.4 Å². The third kappa shape index (κ3) is 6.32. The average Bonchev–Trinajstić information content (AvgIpc) is 3.59. The number of aromatic nitrogens is 1. The quantitative estimate of drug-likeness (QED) is 0.417. The first-order chi connectivity index (χ1) is 17.4. The Balaban J connectivity index is 1.30. The van der Waals surface area contributed by atoms with Crippen LogP contribution in [0.4, 0.5) is 0 Å². The maximum absolute atomic E-state index is 13.1. The fourth-order valence-electron chi connectivity index (χ4n) is 4.18. The molecule has 3 heterocycles. The molecule has 1 aromatic carbocycles. The van der Waals surface area contributed by atoms with E-state index in [1.165, 1.54) is 16.9 Å². The van der Waals surface area contributed by atoms with Gasteiger partial charge in [0, 0.05) is 30.9 Å².